The summed E-state index contributed by atoms with van der Waals surface area (Å²) in [6.45, 7) is 0. The van der Waals surface area contributed by atoms with Gasteiger partial charge in [0.1, 0.15) is 11.3 Å². The van der Waals surface area contributed by atoms with E-state index in [-0.39, 0.29) is 5.56 Å². The smallest absolute Gasteiger partial charge is 0.268 e. The number of aromatic nitrogens is 4. The highest BCUT2D eigenvalue weighted by atomic mass is 32.1. The molecule has 34 heavy (non-hydrogen) atoms. The van der Waals surface area contributed by atoms with Crippen molar-refractivity contribution in [3.8, 4) is 17.1 Å². The van der Waals surface area contributed by atoms with Crippen LogP contribution in [0.25, 0.3) is 44.3 Å². The number of fused-ring (bicyclic) bond motifs is 3. The van der Waals surface area contributed by atoms with Gasteiger partial charge in [0.05, 0.1) is 18.2 Å². The molecule has 6 rings (SSSR count). The van der Waals surface area contributed by atoms with Crippen LogP contribution >= 0.6 is 12.2 Å². The van der Waals surface area contributed by atoms with Crippen molar-refractivity contribution in [2.24, 2.45) is 0 Å². The number of nitrogens with zero attached hydrogens (tertiary/aromatic N) is 4. The molecular formula is C27H18N4O2S. The third kappa shape index (κ3) is 3.09. The van der Waals surface area contributed by atoms with Crippen molar-refractivity contribution >= 4 is 45.2 Å². The van der Waals surface area contributed by atoms with Crippen LogP contribution in [-0.4, -0.2) is 26.2 Å². The van der Waals surface area contributed by atoms with E-state index in [0.717, 1.165) is 16.5 Å². The van der Waals surface area contributed by atoms with Crippen molar-refractivity contribution in [2.45, 2.75) is 0 Å². The lowest BCUT2D eigenvalue weighted by Crippen LogP contribution is -2.24. The zero-order chi connectivity index (χ0) is 23.2. The van der Waals surface area contributed by atoms with Gasteiger partial charge in [0, 0.05) is 16.5 Å². The molecule has 0 spiro atoms. The first-order chi connectivity index (χ1) is 16.7. The lowest BCUT2D eigenvalue weighted by atomic mass is 10.1. The molecule has 0 radical (unpaired) electrons. The van der Waals surface area contributed by atoms with Gasteiger partial charge in [-0.3, -0.25) is 13.9 Å². The average molecular weight is 463 g/mol. The lowest BCUT2D eigenvalue weighted by Gasteiger charge is -2.16. The van der Waals surface area contributed by atoms with Crippen molar-refractivity contribution in [1.82, 2.24) is 19.1 Å². The lowest BCUT2D eigenvalue weighted by molar-refractivity contribution is 0.419. The molecule has 0 aliphatic rings. The Morgan fingerprint density at radius 1 is 0.765 bits per heavy atom. The molecule has 3 aromatic carbocycles. The minimum Gasteiger partial charge on any atom is -0.494 e. The molecule has 3 heterocycles. The Morgan fingerprint density at radius 3 is 2.12 bits per heavy atom. The highest BCUT2D eigenvalue weighted by Crippen LogP contribution is 2.28. The summed E-state index contributed by atoms with van der Waals surface area (Å²) in [6.07, 6.45) is 0. The summed E-state index contributed by atoms with van der Waals surface area (Å²) in [5, 5.41) is 2.13. The maximum Gasteiger partial charge on any atom is 0.268 e. The maximum atomic E-state index is 13.7. The zero-order valence-electron chi connectivity index (χ0n) is 18.2. The molecule has 164 valence electrons. The van der Waals surface area contributed by atoms with E-state index in [1.165, 1.54) is 0 Å². The summed E-state index contributed by atoms with van der Waals surface area (Å²) in [4.78, 5) is 23.4. The highest BCUT2D eigenvalue weighted by Gasteiger charge is 2.17. The van der Waals surface area contributed by atoms with Crippen LogP contribution in [0.3, 0.4) is 0 Å². The predicted molar refractivity (Wildman–Crippen MR) is 137 cm³/mol. The quantitative estimate of drug-likeness (QED) is 0.252. The Kier molecular flexibility index (Phi) is 4.71. The van der Waals surface area contributed by atoms with Crippen LogP contribution in [-0.2, 0) is 0 Å². The number of rotatable bonds is 3. The number of para-hydroxylation sites is 3. The summed E-state index contributed by atoms with van der Waals surface area (Å²) in [5.41, 5.74) is 2.98. The summed E-state index contributed by atoms with van der Waals surface area (Å²) in [5.74, 6) is 0.667. The number of hydrogen-bond donors (Lipinski definition) is 0. The van der Waals surface area contributed by atoms with E-state index in [1.807, 2.05) is 95.6 Å². The molecule has 3 aromatic heterocycles. The predicted octanol–water partition coefficient (Wildman–Crippen LogP) is 5.62. The largest absolute Gasteiger partial charge is 0.494 e. The first kappa shape index (κ1) is 20.3. The average Bonchev–Trinajstić information content (AvgIpc) is 2.88. The van der Waals surface area contributed by atoms with Gasteiger partial charge >= 0.3 is 0 Å². The van der Waals surface area contributed by atoms with Crippen LogP contribution in [0.5, 0.6) is 5.75 Å². The summed E-state index contributed by atoms with van der Waals surface area (Å²) < 4.78 is 9.21. The summed E-state index contributed by atoms with van der Waals surface area (Å²) >= 11 is 5.86. The topological polar surface area (TPSA) is 61.9 Å². The molecule has 0 aliphatic carbocycles. The maximum absolute atomic E-state index is 13.7. The molecular weight excluding hydrogens is 444 g/mol. The van der Waals surface area contributed by atoms with Crippen molar-refractivity contribution in [3.05, 3.63) is 106 Å². The molecule has 0 saturated carbocycles. The van der Waals surface area contributed by atoms with E-state index >= 15 is 0 Å². The van der Waals surface area contributed by atoms with Crippen LogP contribution in [0.15, 0.2) is 95.8 Å². The van der Waals surface area contributed by atoms with E-state index in [2.05, 4.69) is 0 Å². The molecule has 0 fully saturated rings. The van der Waals surface area contributed by atoms with Gasteiger partial charge in [0.2, 0.25) is 0 Å². The number of pyridine rings is 2. The monoisotopic (exact) mass is 462 g/mol. The third-order valence-electron chi connectivity index (χ3n) is 5.85. The fourth-order valence-corrected chi connectivity index (χ4v) is 4.64. The van der Waals surface area contributed by atoms with Gasteiger partial charge in [-0.05, 0) is 54.7 Å². The minimum absolute atomic E-state index is 0.224. The SMILES string of the molecule is COc1cccc2cc3cc4c(=O)n(-c5ccccc5)c(=S)n(-c5ccccc5)c4nc3nc12. The van der Waals surface area contributed by atoms with Crippen molar-refractivity contribution in [3.63, 3.8) is 0 Å². The summed E-state index contributed by atoms with van der Waals surface area (Å²) in [6, 6.07) is 28.7. The second kappa shape index (κ2) is 7.90. The van der Waals surface area contributed by atoms with E-state index < -0.39 is 0 Å². The van der Waals surface area contributed by atoms with Crippen LogP contribution in [0.2, 0.25) is 0 Å². The van der Waals surface area contributed by atoms with Crippen LogP contribution in [0.4, 0.5) is 0 Å². The van der Waals surface area contributed by atoms with Crippen molar-refractivity contribution < 1.29 is 4.74 Å². The molecule has 6 nitrogen and oxygen atoms in total. The molecule has 0 atom stereocenters. The molecule has 0 unspecified atom stereocenters. The van der Waals surface area contributed by atoms with E-state index in [4.69, 9.17) is 26.9 Å². The zero-order valence-corrected chi connectivity index (χ0v) is 19.0. The first-order valence-corrected chi connectivity index (χ1v) is 11.1. The van der Waals surface area contributed by atoms with Gasteiger partial charge in [-0.2, -0.15) is 0 Å². The van der Waals surface area contributed by atoms with Gasteiger partial charge < -0.3 is 4.74 Å². The fraction of sp³-hybridized carbons (Fsp3) is 0.0370. The second-order valence-electron chi connectivity index (χ2n) is 7.86. The fourth-order valence-electron chi connectivity index (χ4n) is 4.26. The Labute approximate surface area is 199 Å². The Balaban J connectivity index is 1.80. The van der Waals surface area contributed by atoms with Gasteiger partial charge in [0.15, 0.2) is 16.1 Å². The Morgan fingerprint density at radius 2 is 1.44 bits per heavy atom. The van der Waals surface area contributed by atoms with Crippen LogP contribution < -0.4 is 10.3 Å². The van der Waals surface area contributed by atoms with Gasteiger partial charge in [-0.25, -0.2) is 9.97 Å². The molecule has 7 heteroatoms. The normalized spacial score (nSPS) is 11.3. The number of hydrogen-bond acceptors (Lipinski definition) is 5. The van der Waals surface area contributed by atoms with E-state index in [9.17, 15) is 4.79 Å². The van der Waals surface area contributed by atoms with Crippen molar-refractivity contribution in [1.29, 1.82) is 0 Å². The van der Waals surface area contributed by atoms with Gasteiger partial charge in [-0.15, -0.1) is 0 Å². The molecule has 0 bridgehead atoms. The summed E-state index contributed by atoms with van der Waals surface area (Å²) in [7, 11) is 1.62. The molecule has 0 saturated heterocycles. The number of ether oxygens (including phenoxy) is 1. The Hall–Kier alpha value is -4.36. The van der Waals surface area contributed by atoms with E-state index in [0.29, 0.717) is 38.4 Å². The minimum atomic E-state index is -0.224. The van der Waals surface area contributed by atoms with E-state index in [1.54, 1.807) is 11.7 Å². The standard InChI is InChI=1S/C27H18N4O2S/c1-33-22-14-8-9-17-15-18-16-21-25(29-24(18)28-23(17)22)30(19-10-4-2-5-11-19)27(34)31(26(21)32)20-12-6-3-7-13-20/h2-16H,1H3. The molecule has 0 N–H and O–H groups in total. The van der Waals surface area contributed by atoms with Gasteiger partial charge in [0.25, 0.3) is 5.56 Å². The van der Waals surface area contributed by atoms with Crippen LogP contribution in [0.1, 0.15) is 0 Å². The molecule has 0 aliphatic heterocycles. The number of benzene rings is 3. The molecule has 0 amide bonds. The third-order valence-corrected chi connectivity index (χ3v) is 6.21. The Bertz CT molecular complexity index is 1830. The first-order valence-electron chi connectivity index (χ1n) is 10.7. The van der Waals surface area contributed by atoms with Crippen molar-refractivity contribution in [2.75, 3.05) is 7.11 Å². The number of methoxy groups -OCH3 is 1. The molecule has 6 aromatic rings. The van der Waals surface area contributed by atoms with Crippen LogP contribution in [0, 0.1) is 4.77 Å². The highest BCUT2D eigenvalue weighted by molar-refractivity contribution is 7.71. The van der Waals surface area contributed by atoms with Gasteiger partial charge in [-0.1, -0.05) is 48.5 Å². The second-order valence-corrected chi connectivity index (χ2v) is 8.22.